The molecule has 90 heavy (non-hydrogen) atoms. The van der Waals surface area contributed by atoms with Crippen molar-refractivity contribution in [2.45, 2.75) is 55.8 Å². The molecule has 0 radical (unpaired) electrons. The molecule has 0 fully saturated rings. The summed E-state index contributed by atoms with van der Waals surface area (Å²) in [4.78, 5) is 0. The van der Waals surface area contributed by atoms with Crippen LogP contribution in [0.2, 0.25) is 0 Å². The number of rotatable bonds is 9. The fourth-order valence-corrected chi connectivity index (χ4v) is 16.9. The molecular weight excluding hydrogens is 1080 g/mol. The summed E-state index contributed by atoms with van der Waals surface area (Å²) >= 11 is 0. The van der Waals surface area contributed by atoms with E-state index < -0.39 is 5.41 Å². The molecule has 3 aliphatic rings. The predicted octanol–water partition coefficient (Wildman–Crippen LogP) is 23.0. The third-order valence-corrected chi connectivity index (χ3v) is 21.0. The van der Waals surface area contributed by atoms with Crippen LogP contribution in [0.3, 0.4) is 0 Å². The van der Waals surface area contributed by atoms with Gasteiger partial charge in [0.25, 0.3) is 0 Å². The van der Waals surface area contributed by atoms with Gasteiger partial charge in [0.05, 0.1) is 5.41 Å². The zero-order chi connectivity index (χ0) is 59.7. The van der Waals surface area contributed by atoms with E-state index in [1.165, 1.54) is 138 Å². The normalized spacial score (nSPS) is 15.2. The molecule has 0 bridgehead atoms. The van der Waals surface area contributed by atoms with Crippen LogP contribution in [-0.4, -0.2) is 0 Å². The zero-order valence-corrected chi connectivity index (χ0v) is 50.6. The summed E-state index contributed by atoms with van der Waals surface area (Å²) in [6, 6.07) is 115. The van der Waals surface area contributed by atoms with Crippen molar-refractivity contribution in [1.82, 2.24) is 0 Å². The van der Waals surface area contributed by atoms with E-state index in [0.717, 1.165) is 46.8 Å². The molecule has 15 aromatic rings. The van der Waals surface area contributed by atoms with Crippen LogP contribution in [0.25, 0.3) is 99.1 Å². The van der Waals surface area contributed by atoms with Crippen molar-refractivity contribution < 1.29 is 4.42 Å². The molecule has 2 unspecified atom stereocenters. The van der Waals surface area contributed by atoms with E-state index in [4.69, 9.17) is 4.42 Å². The first kappa shape index (κ1) is 52.5. The Morgan fingerprint density at radius 2 is 0.956 bits per heavy atom. The maximum absolute atomic E-state index is 7.82. The van der Waals surface area contributed by atoms with Crippen LogP contribution in [0.4, 0.5) is 0 Å². The first-order chi connectivity index (χ1) is 44.4. The van der Waals surface area contributed by atoms with Crippen LogP contribution in [0.5, 0.6) is 0 Å². The molecule has 0 N–H and O–H groups in total. The molecule has 0 saturated carbocycles. The Bertz CT molecular complexity index is 5320. The molecule has 18 rings (SSSR count). The fraction of sp³-hybridized carbons (Fsp3) is 0.101. The average molecular weight is 1150 g/mol. The quantitative estimate of drug-likeness (QED) is 0.140. The minimum absolute atomic E-state index is 0.0447. The maximum Gasteiger partial charge on any atom is 0.143 e. The molecule has 1 aromatic heterocycles. The number of aryl methyl sites for hydroxylation is 1. The summed E-state index contributed by atoms with van der Waals surface area (Å²) < 4.78 is 7.82. The Kier molecular flexibility index (Phi) is 12.0. The smallest absolute Gasteiger partial charge is 0.143 e. The number of furan rings is 1. The maximum atomic E-state index is 7.82. The minimum atomic E-state index is -0.549. The fourth-order valence-electron chi connectivity index (χ4n) is 16.9. The number of benzene rings is 14. The highest BCUT2D eigenvalue weighted by Gasteiger charge is 2.47. The highest BCUT2D eigenvalue weighted by molar-refractivity contribution is 6.24. The van der Waals surface area contributed by atoms with Crippen LogP contribution in [0, 0.1) is 0 Å². The molecule has 14 aromatic carbocycles. The highest BCUT2D eigenvalue weighted by Crippen LogP contribution is 2.60. The van der Waals surface area contributed by atoms with Gasteiger partial charge in [-0.25, -0.2) is 0 Å². The van der Waals surface area contributed by atoms with Gasteiger partial charge in [-0.15, -0.1) is 0 Å². The van der Waals surface area contributed by atoms with E-state index in [-0.39, 0.29) is 17.3 Å². The minimum Gasteiger partial charge on any atom is -0.455 e. The van der Waals surface area contributed by atoms with E-state index in [9.17, 15) is 0 Å². The lowest BCUT2D eigenvalue weighted by Crippen LogP contribution is -2.28. The molecule has 0 aliphatic heterocycles. The summed E-state index contributed by atoms with van der Waals surface area (Å²) in [5.74, 6) is 0.145. The van der Waals surface area contributed by atoms with Crippen LogP contribution in [0.15, 0.2) is 308 Å². The molecule has 0 spiro atoms. The van der Waals surface area contributed by atoms with Crippen LogP contribution in [0.1, 0.15) is 98.9 Å². The summed E-state index contributed by atoms with van der Waals surface area (Å²) in [6.07, 6.45) is 2.74. The monoisotopic (exact) mass is 1150 g/mol. The SMILES string of the molecule is CC1(C)c2ccccc2-c2ccc(C(Cc3ccc4c(c3)C(c3cc5ccccc5c5oc6c(-c7cccc8c7-c7ccccc7C8(c7ccccc7)c7ccccc7)c7ccccc7cc6c35)CCc3ccccc3-4)c3ccc(-c4ccccc4)cc3)cc21. The zero-order valence-electron chi connectivity index (χ0n) is 50.6. The Hall–Kier alpha value is -10.6. The Labute approximate surface area is 526 Å². The molecule has 0 saturated heterocycles. The van der Waals surface area contributed by atoms with Crippen LogP contribution < -0.4 is 0 Å². The van der Waals surface area contributed by atoms with E-state index in [2.05, 4.69) is 317 Å². The predicted molar refractivity (Wildman–Crippen MR) is 375 cm³/mol. The molecule has 0 amide bonds. The van der Waals surface area contributed by atoms with E-state index in [0.29, 0.717) is 0 Å². The molecule has 3 aliphatic carbocycles. The third kappa shape index (κ3) is 7.88. The van der Waals surface area contributed by atoms with E-state index in [1.54, 1.807) is 0 Å². The summed E-state index contributed by atoms with van der Waals surface area (Å²) in [6.45, 7) is 4.81. The summed E-state index contributed by atoms with van der Waals surface area (Å²) in [5.41, 5.74) is 29.8. The third-order valence-electron chi connectivity index (χ3n) is 21.0. The van der Waals surface area contributed by atoms with Gasteiger partial charge in [-0.2, -0.15) is 0 Å². The van der Waals surface area contributed by atoms with Crippen molar-refractivity contribution in [1.29, 1.82) is 0 Å². The molecular formula is C89H64O. The van der Waals surface area contributed by atoms with Gasteiger partial charge in [-0.3, -0.25) is 0 Å². The van der Waals surface area contributed by atoms with Crippen molar-refractivity contribution >= 4 is 43.5 Å². The molecule has 2 atom stereocenters. The van der Waals surface area contributed by atoms with E-state index in [1.807, 2.05) is 0 Å². The van der Waals surface area contributed by atoms with Crippen molar-refractivity contribution in [3.05, 3.63) is 370 Å². The van der Waals surface area contributed by atoms with E-state index >= 15 is 0 Å². The second-order valence-electron chi connectivity index (χ2n) is 26.0. The topological polar surface area (TPSA) is 13.1 Å². The molecule has 1 heterocycles. The molecule has 1 nitrogen and oxygen atoms in total. The van der Waals surface area contributed by atoms with Crippen molar-refractivity contribution in [3.8, 4) is 55.6 Å². The van der Waals surface area contributed by atoms with Crippen molar-refractivity contribution in [2.75, 3.05) is 0 Å². The van der Waals surface area contributed by atoms with Crippen LogP contribution >= 0.6 is 0 Å². The second kappa shape index (κ2) is 20.5. The first-order valence-corrected chi connectivity index (χ1v) is 32.2. The highest BCUT2D eigenvalue weighted by atomic mass is 16.3. The van der Waals surface area contributed by atoms with Gasteiger partial charge in [0.1, 0.15) is 11.2 Å². The lowest BCUT2D eigenvalue weighted by molar-refractivity contribution is 0.657. The Morgan fingerprint density at radius 3 is 1.72 bits per heavy atom. The van der Waals surface area contributed by atoms with Crippen molar-refractivity contribution in [3.63, 3.8) is 0 Å². The summed E-state index contributed by atoms with van der Waals surface area (Å²) in [5, 5.41) is 7.05. The van der Waals surface area contributed by atoms with Gasteiger partial charge in [0.2, 0.25) is 0 Å². The van der Waals surface area contributed by atoms with Gasteiger partial charge in [-0.1, -0.05) is 305 Å². The van der Waals surface area contributed by atoms with Gasteiger partial charge in [0, 0.05) is 39.0 Å². The molecule has 426 valence electrons. The lowest BCUT2D eigenvalue weighted by atomic mass is 9.67. The largest absolute Gasteiger partial charge is 0.455 e. The van der Waals surface area contributed by atoms with Gasteiger partial charge < -0.3 is 4.42 Å². The Morgan fingerprint density at radius 1 is 0.378 bits per heavy atom. The molecule has 1 heteroatoms. The van der Waals surface area contributed by atoms with Gasteiger partial charge >= 0.3 is 0 Å². The van der Waals surface area contributed by atoms with Gasteiger partial charge in [0.15, 0.2) is 0 Å². The average Bonchev–Trinajstić information content (AvgIpc) is 1.53. The standard InChI is InChI=1S/C89H64O/c1-88(2)79-38-20-18-35-71(79)72-50-47-63(55-82(72)88)75(60-44-42-58(43-45-60)57-23-6-3-7-24-57)51-56-41-48-69-66-32-15-12-25-59(66)46-49-70(76(69)52-56)77-53-62-27-14-17-34-68(62)86-85(77)78-54-61-26-13-16-33-67(61)84(87(78)90-86)74-37-22-40-81-83(74)73-36-19-21-39-80(73)89(81,64-28-8-4-9-29-64)65-30-10-5-11-31-65/h3-45,47-48,50,52-55,70,75H,46,49,51H2,1-2H3. The number of fused-ring (bicyclic) bond motifs is 15. The second-order valence-corrected chi connectivity index (χ2v) is 26.0. The number of hydrogen-bond acceptors (Lipinski definition) is 1. The number of hydrogen-bond donors (Lipinski definition) is 0. The van der Waals surface area contributed by atoms with Crippen molar-refractivity contribution in [2.24, 2.45) is 0 Å². The summed E-state index contributed by atoms with van der Waals surface area (Å²) in [7, 11) is 0. The van der Waals surface area contributed by atoms with Crippen LogP contribution in [-0.2, 0) is 23.7 Å². The lowest BCUT2D eigenvalue weighted by Gasteiger charge is -2.34. The first-order valence-electron chi connectivity index (χ1n) is 32.2. The van der Waals surface area contributed by atoms with Gasteiger partial charge in [-0.05, 0) is 164 Å². The Balaban J connectivity index is 0.851.